The molecule has 0 aromatic carbocycles. The summed E-state index contributed by atoms with van der Waals surface area (Å²) in [7, 11) is -1.89. The molecule has 0 aromatic rings. The maximum absolute atomic E-state index is 11.6. The van der Waals surface area contributed by atoms with E-state index >= 15 is 0 Å². The lowest BCUT2D eigenvalue weighted by atomic mass is 9.54. The molecular formula is C12H20O3P+. The molecule has 0 saturated heterocycles. The van der Waals surface area contributed by atoms with Crippen LogP contribution in [0.5, 0.6) is 0 Å². The van der Waals surface area contributed by atoms with E-state index in [2.05, 4.69) is 0 Å². The highest BCUT2D eigenvalue weighted by Gasteiger charge is 2.56. The first-order valence-electron chi connectivity index (χ1n) is 6.48. The van der Waals surface area contributed by atoms with Crippen LogP contribution in [0.3, 0.4) is 0 Å². The minimum Gasteiger partial charge on any atom is -0.119 e. The van der Waals surface area contributed by atoms with Gasteiger partial charge in [-0.1, -0.05) is 0 Å². The van der Waals surface area contributed by atoms with E-state index in [1.54, 1.807) is 0 Å². The summed E-state index contributed by atoms with van der Waals surface area (Å²) < 4.78 is 22.5. The Balaban J connectivity index is 1.71. The highest BCUT2D eigenvalue weighted by Crippen LogP contribution is 2.59. The molecular weight excluding hydrogens is 223 g/mol. The molecule has 0 amide bonds. The van der Waals surface area contributed by atoms with Crippen LogP contribution in [-0.4, -0.2) is 12.2 Å². The van der Waals surface area contributed by atoms with Crippen LogP contribution in [0, 0.1) is 17.8 Å². The van der Waals surface area contributed by atoms with Crippen molar-refractivity contribution in [2.45, 2.75) is 51.0 Å². The fourth-order valence-corrected chi connectivity index (χ4v) is 5.24. The van der Waals surface area contributed by atoms with E-state index in [9.17, 15) is 4.57 Å². The van der Waals surface area contributed by atoms with E-state index in [1.165, 1.54) is 19.3 Å². The summed E-state index contributed by atoms with van der Waals surface area (Å²) in [5.41, 5.74) is -0.0859. The average Bonchev–Trinajstić information content (AvgIpc) is 2.13. The lowest BCUT2D eigenvalue weighted by Gasteiger charge is -2.53. The Morgan fingerprint density at radius 3 is 2.06 bits per heavy atom. The summed E-state index contributed by atoms with van der Waals surface area (Å²) >= 11 is 0. The quantitative estimate of drug-likeness (QED) is 0.707. The second-order valence-electron chi connectivity index (χ2n) is 5.83. The number of hydrogen-bond acceptors (Lipinski definition) is 3. The van der Waals surface area contributed by atoms with Crippen LogP contribution in [0.15, 0.2) is 0 Å². The fourth-order valence-electron chi connectivity index (χ4n) is 4.43. The predicted octanol–water partition coefficient (Wildman–Crippen LogP) is 3.67. The van der Waals surface area contributed by atoms with Crippen LogP contribution in [0.2, 0.25) is 0 Å². The molecule has 4 aliphatic rings. The second kappa shape index (κ2) is 4.04. The van der Waals surface area contributed by atoms with Crippen molar-refractivity contribution >= 4 is 8.25 Å². The van der Waals surface area contributed by atoms with Gasteiger partial charge in [0.25, 0.3) is 0 Å². The third kappa shape index (κ3) is 1.94. The first-order chi connectivity index (χ1) is 7.69. The molecule has 0 spiro atoms. The molecule has 4 aliphatic carbocycles. The summed E-state index contributed by atoms with van der Waals surface area (Å²) in [6.45, 7) is 2.33. The standard InChI is InChI=1S/C12H20O3P/c1-2-14-16(13)15-12-6-9-3-10(7-12)5-11(4-9)8-12/h9-11H,2-8H2,1H3/q+1. The van der Waals surface area contributed by atoms with Crippen LogP contribution >= 0.6 is 8.25 Å². The molecule has 4 bridgehead atoms. The zero-order chi connectivity index (χ0) is 11.2. The Bertz CT molecular complexity index is 267. The Labute approximate surface area is 97.8 Å². The van der Waals surface area contributed by atoms with E-state index in [0.717, 1.165) is 37.0 Å². The highest BCUT2D eigenvalue weighted by molar-refractivity contribution is 7.33. The van der Waals surface area contributed by atoms with Gasteiger partial charge in [-0.25, -0.2) is 0 Å². The maximum atomic E-state index is 11.6. The summed E-state index contributed by atoms with van der Waals surface area (Å²) in [5.74, 6) is 2.49. The van der Waals surface area contributed by atoms with Crippen molar-refractivity contribution < 1.29 is 13.6 Å². The summed E-state index contributed by atoms with van der Waals surface area (Å²) in [6, 6.07) is 0. The minimum atomic E-state index is -1.89. The molecule has 0 radical (unpaired) electrons. The lowest BCUT2D eigenvalue weighted by molar-refractivity contribution is -0.109. The van der Waals surface area contributed by atoms with Crippen molar-refractivity contribution in [1.82, 2.24) is 0 Å². The van der Waals surface area contributed by atoms with E-state index in [4.69, 9.17) is 9.05 Å². The van der Waals surface area contributed by atoms with Gasteiger partial charge in [-0.2, -0.15) is 0 Å². The van der Waals surface area contributed by atoms with E-state index in [-0.39, 0.29) is 5.60 Å². The topological polar surface area (TPSA) is 35.5 Å². The van der Waals surface area contributed by atoms with Gasteiger partial charge in [0.15, 0.2) is 0 Å². The normalized spacial score (nSPS) is 46.1. The van der Waals surface area contributed by atoms with Crippen LogP contribution in [0.4, 0.5) is 0 Å². The van der Waals surface area contributed by atoms with E-state index < -0.39 is 8.25 Å². The van der Waals surface area contributed by atoms with Crippen molar-refractivity contribution in [3.63, 3.8) is 0 Å². The lowest BCUT2D eigenvalue weighted by Crippen LogP contribution is -2.51. The fraction of sp³-hybridized carbons (Fsp3) is 1.00. The zero-order valence-corrected chi connectivity index (χ0v) is 10.7. The Morgan fingerprint density at radius 1 is 1.12 bits per heavy atom. The maximum Gasteiger partial charge on any atom is 0.697 e. The number of rotatable bonds is 4. The Kier molecular flexibility index (Phi) is 2.81. The molecule has 0 heterocycles. The van der Waals surface area contributed by atoms with Crippen molar-refractivity contribution in [2.24, 2.45) is 17.8 Å². The van der Waals surface area contributed by atoms with Gasteiger partial charge in [0.2, 0.25) is 0 Å². The molecule has 1 atom stereocenters. The zero-order valence-electron chi connectivity index (χ0n) is 9.85. The Morgan fingerprint density at radius 2 is 1.62 bits per heavy atom. The van der Waals surface area contributed by atoms with Gasteiger partial charge < -0.3 is 0 Å². The van der Waals surface area contributed by atoms with Gasteiger partial charge in [0, 0.05) is 4.57 Å². The van der Waals surface area contributed by atoms with E-state index in [0.29, 0.717) is 6.61 Å². The van der Waals surface area contributed by atoms with Gasteiger partial charge in [-0.3, -0.25) is 0 Å². The van der Waals surface area contributed by atoms with E-state index in [1.807, 2.05) is 6.92 Å². The molecule has 4 fully saturated rings. The van der Waals surface area contributed by atoms with Crippen LogP contribution in [-0.2, 0) is 13.6 Å². The Hall–Kier alpha value is 0.0200. The summed E-state index contributed by atoms with van der Waals surface area (Å²) in [5, 5.41) is 0. The molecule has 4 saturated carbocycles. The molecule has 90 valence electrons. The van der Waals surface area contributed by atoms with Crippen LogP contribution in [0.25, 0.3) is 0 Å². The molecule has 4 rings (SSSR count). The molecule has 4 heteroatoms. The molecule has 0 N–H and O–H groups in total. The third-order valence-corrected chi connectivity index (χ3v) is 5.49. The van der Waals surface area contributed by atoms with Gasteiger partial charge in [-0.05, 0) is 63.2 Å². The minimum absolute atomic E-state index is 0.0859. The first-order valence-corrected chi connectivity index (χ1v) is 7.58. The highest BCUT2D eigenvalue weighted by atomic mass is 31.1. The average molecular weight is 243 g/mol. The molecule has 16 heavy (non-hydrogen) atoms. The smallest absolute Gasteiger partial charge is 0.119 e. The van der Waals surface area contributed by atoms with Gasteiger partial charge >= 0.3 is 8.25 Å². The molecule has 0 aliphatic heterocycles. The SMILES string of the molecule is CCO[P+](=O)OC12CC3CC(CC(C3)C1)C2. The van der Waals surface area contributed by atoms with Gasteiger partial charge in [0.1, 0.15) is 12.2 Å². The third-order valence-electron chi connectivity index (χ3n) is 4.48. The summed E-state index contributed by atoms with van der Waals surface area (Å²) in [4.78, 5) is 0. The van der Waals surface area contributed by atoms with Crippen molar-refractivity contribution in [3.8, 4) is 0 Å². The largest absolute Gasteiger partial charge is 0.697 e. The first kappa shape index (κ1) is 11.1. The van der Waals surface area contributed by atoms with Crippen LogP contribution < -0.4 is 0 Å². The summed E-state index contributed by atoms with van der Waals surface area (Å²) in [6.07, 6.45) is 7.50. The van der Waals surface area contributed by atoms with Crippen molar-refractivity contribution in [3.05, 3.63) is 0 Å². The molecule has 1 unspecified atom stereocenters. The monoisotopic (exact) mass is 243 g/mol. The molecule has 3 nitrogen and oxygen atoms in total. The predicted molar refractivity (Wildman–Crippen MR) is 61.2 cm³/mol. The molecule has 0 aromatic heterocycles. The van der Waals surface area contributed by atoms with Crippen molar-refractivity contribution in [2.75, 3.05) is 6.61 Å². The van der Waals surface area contributed by atoms with Crippen LogP contribution in [0.1, 0.15) is 45.4 Å². The van der Waals surface area contributed by atoms with Crippen molar-refractivity contribution in [1.29, 1.82) is 0 Å². The second-order valence-corrected chi connectivity index (χ2v) is 6.72. The van der Waals surface area contributed by atoms with Gasteiger partial charge in [-0.15, -0.1) is 9.05 Å². The number of hydrogen-bond donors (Lipinski definition) is 0. The van der Waals surface area contributed by atoms with Gasteiger partial charge in [0.05, 0.1) is 0 Å².